The van der Waals surface area contributed by atoms with Gasteiger partial charge in [0.15, 0.2) is 5.69 Å². The van der Waals surface area contributed by atoms with E-state index in [1.54, 1.807) is 18.0 Å². The van der Waals surface area contributed by atoms with Crippen molar-refractivity contribution in [2.24, 2.45) is 0 Å². The molecule has 16 heteroatoms. The topological polar surface area (TPSA) is 82.7 Å². The molecule has 1 N–H and O–H groups in total. The minimum Gasteiger partial charge on any atom is -0.480 e. The number of nitrogens with zero attached hydrogens (tertiary/aromatic N) is 6. The number of halogens is 3. The molecule has 6 rings (SSSR count). The second-order valence-electron chi connectivity index (χ2n) is 13.1. The molecule has 2 aliphatic rings. The molecule has 8 nitrogen and oxygen atoms in total. The van der Waals surface area contributed by atoms with Gasteiger partial charge in [0.2, 0.25) is 5.88 Å². The Morgan fingerprint density at radius 3 is 2.35 bits per heavy atom. The lowest BCUT2D eigenvalue weighted by Gasteiger charge is -2.42. The van der Waals surface area contributed by atoms with Gasteiger partial charge >= 0.3 is 6.18 Å². The van der Waals surface area contributed by atoms with Crippen molar-refractivity contribution in [1.29, 1.82) is 0 Å². The van der Waals surface area contributed by atoms with Crippen molar-refractivity contribution in [3.63, 3.8) is 0 Å². The molecule has 1 aromatic carbocycles. The molecule has 218 valence electrons. The first kappa shape index (κ1) is 29.5. The van der Waals surface area contributed by atoms with E-state index in [0.29, 0.717) is 23.2 Å². The number of benzene rings is 1. The number of aryl methyl sites for hydroxylation is 1. The number of alkyl halides is 3. The SMILES string of the molecule is BC(B)(B)C(B)(B)n1cc(C(F)(F)F)nc1-c1ccc(NC2CCCn3nc(-c4c(OC)ncnc4C4CC4)cc32)cc1. The molecule has 0 spiro atoms. The molecule has 1 saturated carbocycles. The first-order valence-electron chi connectivity index (χ1n) is 14.8. The third-order valence-corrected chi connectivity index (χ3v) is 9.20. The van der Waals surface area contributed by atoms with Gasteiger partial charge in [-0.3, -0.25) is 4.68 Å². The molecule has 43 heavy (non-hydrogen) atoms. The fourth-order valence-electron chi connectivity index (χ4n) is 5.62. The number of anilines is 1. The Labute approximate surface area is 253 Å². The zero-order chi connectivity index (χ0) is 30.7. The molecule has 1 aliphatic carbocycles. The lowest BCUT2D eigenvalue weighted by molar-refractivity contribution is -0.140. The van der Waals surface area contributed by atoms with E-state index in [4.69, 9.17) is 9.84 Å². The van der Waals surface area contributed by atoms with Crippen LogP contribution in [0, 0.1) is 0 Å². The molecule has 4 heterocycles. The number of fused-ring (bicyclic) bond motifs is 1. The Balaban J connectivity index is 1.29. The Bertz CT molecular complexity index is 1650. The van der Waals surface area contributed by atoms with Gasteiger partial charge in [-0.15, -0.1) is 5.11 Å². The minimum atomic E-state index is -4.53. The van der Waals surface area contributed by atoms with E-state index in [1.807, 2.05) is 68.2 Å². The van der Waals surface area contributed by atoms with E-state index in [9.17, 15) is 13.2 Å². The lowest BCUT2D eigenvalue weighted by atomic mass is 9.26. The first-order valence-corrected chi connectivity index (χ1v) is 14.8. The summed E-state index contributed by atoms with van der Waals surface area (Å²) in [5.74, 6) is 1.24. The monoisotopic (exact) mass is 583 g/mol. The van der Waals surface area contributed by atoms with Crippen LogP contribution in [0.25, 0.3) is 22.6 Å². The molecule has 4 aromatic rings. The van der Waals surface area contributed by atoms with E-state index in [-0.39, 0.29) is 11.2 Å². The van der Waals surface area contributed by atoms with Crippen molar-refractivity contribution >= 4 is 44.9 Å². The van der Waals surface area contributed by atoms with Gasteiger partial charge in [0.1, 0.15) is 27.8 Å². The molecule has 1 aliphatic heterocycles. The van der Waals surface area contributed by atoms with Gasteiger partial charge in [-0.1, -0.05) is 0 Å². The molecule has 0 radical (unpaired) electrons. The number of imidazole rings is 1. The van der Waals surface area contributed by atoms with Gasteiger partial charge in [-0.2, -0.15) is 18.3 Å². The van der Waals surface area contributed by atoms with Crippen LogP contribution in [-0.2, 0) is 18.1 Å². The summed E-state index contributed by atoms with van der Waals surface area (Å²) in [7, 11) is 11.6. The fraction of sp³-hybridized carbons (Fsp3) is 0.407. The highest BCUT2D eigenvalue weighted by atomic mass is 19.4. The number of aromatic nitrogens is 6. The van der Waals surface area contributed by atoms with Gasteiger partial charge in [-0.05, 0) is 61.4 Å². The van der Waals surface area contributed by atoms with Crippen molar-refractivity contribution < 1.29 is 17.9 Å². The summed E-state index contributed by atoms with van der Waals surface area (Å²) in [4.78, 5) is 13.0. The molecular weight excluding hydrogens is 549 g/mol. The number of methoxy groups -OCH3 is 1. The van der Waals surface area contributed by atoms with Crippen LogP contribution in [0.3, 0.4) is 0 Å². The Hall–Kier alpha value is -3.57. The molecule has 3 aromatic heterocycles. The molecule has 1 fully saturated rings. The van der Waals surface area contributed by atoms with E-state index >= 15 is 0 Å². The van der Waals surface area contributed by atoms with Crippen LogP contribution in [0.15, 0.2) is 42.9 Å². The molecule has 1 atom stereocenters. The highest BCUT2D eigenvalue weighted by Gasteiger charge is 2.40. The van der Waals surface area contributed by atoms with Crippen LogP contribution in [0.4, 0.5) is 18.9 Å². The second-order valence-corrected chi connectivity index (χ2v) is 13.1. The van der Waals surface area contributed by atoms with Crippen LogP contribution in [0.5, 0.6) is 5.88 Å². The van der Waals surface area contributed by atoms with Gasteiger partial charge in [0.05, 0.1) is 59.3 Å². The Kier molecular flexibility index (Phi) is 7.24. The van der Waals surface area contributed by atoms with Crippen molar-refractivity contribution in [3.05, 3.63) is 59.9 Å². The van der Waals surface area contributed by atoms with Crippen molar-refractivity contribution in [2.75, 3.05) is 12.4 Å². The van der Waals surface area contributed by atoms with E-state index in [0.717, 1.165) is 66.8 Å². The second kappa shape index (κ2) is 10.6. The molecule has 0 amide bonds. The van der Waals surface area contributed by atoms with E-state index < -0.39 is 17.2 Å². The zero-order valence-corrected chi connectivity index (χ0v) is 25.5. The summed E-state index contributed by atoms with van der Waals surface area (Å²) in [6.07, 6.45) is 2.24. The quantitative estimate of drug-likeness (QED) is 0.311. The number of nitrogens with one attached hydrogen (secondary N) is 1. The zero-order valence-electron chi connectivity index (χ0n) is 25.5. The largest absolute Gasteiger partial charge is 0.480 e. The molecule has 0 bridgehead atoms. The highest BCUT2D eigenvalue weighted by molar-refractivity contribution is 6.66. The fourth-order valence-corrected chi connectivity index (χ4v) is 5.62. The Morgan fingerprint density at radius 1 is 1.00 bits per heavy atom. The standard InChI is InChI=1S/C27H33B5F3N7O/c1-43-24-21(22(14-4-5-14)36-13-37-24)18-11-19-17(3-2-10-42(19)40-18)38-16-8-6-15(7-9-16)23-39-20(25(33,34)35)12-41(23)27(31,32)26(28,29)30/h6-9,11-14,17,38H,2-5,10,28-32H2,1H3. The summed E-state index contributed by atoms with van der Waals surface area (Å²) in [5.41, 5.74) is 4.33. The number of rotatable bonds is 8. The maximum absolute atomic E-state index is 13.7. The van der Waals surface area contributed by atoms with E-state index in [2.05, 4.69) is 26.3 Å². The molecule has 0 saturated heterocycles. The summed E-state index contributed by atoms with van der Waals surface area (Å²) >= 11 is 0. The number of ether oxygens (including phenoxy) is 1. The van der Waals surface area contributed by atoms with Crippen LogP contribution >= 0.6 is 0 Å². The van der Waals surface area contributed by atoms with Crippen LogP contribution in [0.1, 0.15) is 54.7 Å². The molecule has 1 unspecified atom stereocenters. The predicted molar refractivity (Wildman–Crippen MR) is 173 cm³/mol. The first-order chi connectivity index (χ1) is 20.3. The maximum atomic E-state index is 13.7. The van der Waals surface area contributed by atoms with Gasteiger partial charge in [0, 0.05) is 29.9 Å². The molecular formula is C27H33B5F3N7O. The highest BCUT2D eigenvalue weighted by Crippen LogP contribution is 2.46. The smallest absolute Gasteiger partial charge is 0.434 e. The predicted octanol–water partition coefficient (Wildman–Crippen LogP) is 0.905. The van der Waals surface area contributed by atoms with Crippen LogP contribution in [-0.4, -0.2) is 75.6 Å². The van der Waals surface area contributed by atoms with Crippen molar-refractivity contribution in [1.82, 2.24) is 29.3 Å². The third-order valence-electron chi connectivity index (χ3n) is 9.20. The Morgan fingerprint density at radius 2 is 1.72 bits per heavy atom. The number of hydrogen-bond donors (Lipinski definition) is 1. The van der Waals surface area contributed by atoms with Crippen LogP contribution < -0.4 is 10.1 Å². The van der Waals surface area contributed by atoms with Gasteiger partial charge in [-0.25, -0.2) is 15.0 Å². The average molecular weight is 583 g/mol. The van der Waals surface area contributed by atoms with E-state index in [1.165, 1.54) is 0 Å². The lowest BCUT2D eigenvalue weighted by Crippen LogP contribution is -2.48. The average Bonchev–Trinajstić information content (AvgIpc) is 3.52. The van der Waals surface area contributed by atoms with Gasteiger partial charge in [0.25, 0.3) is 0 Å². The number of hydrogen-bond acceptors (Lipinski definition) is 6. The minimum absolute atomic E-state index is 0.0134. The summed E-state index contributed by atoms with van der Waals surface area (Å²) in [6, 6.07) is 9.59. The van der Waals surface area contributed by atoms with Crippen molar-refractivity contribution in [2.45, 2.75) is 60.8 Å². The summed E-state index contributed by atoms with van der Waals surface area (Å²) in [6.45, 7) is 0.814. The normalized spacial score (nSPS) is 17.4. The van der Waals surface area contributed by atoms with Crippen molar-refractivity contribution in [3.8, 4) is 28.5 Å². The van der Waals surface area contributed by atoms with Crippen LogP contribution in [0.2, 0.25) is 5.11 Å². The summed E-state index contributed by atoms with van der Waals surface area (Å²) in [5, 5.41) is 7.62. The van der Waals surface area contributed by atoms with Gasteiger partial charge < -0.3 is 14.6 Å². The summed E-state index contributed by atoms with van der Waals surface area (Å²) < 4.78 is 50.5. The third kappa shape index (κ3) is 5.49. The maximum Gasteiger partial charge on any atom is 0.434 e.